The first-order valence-corrected chi connectivity index (χ1v) is 7.21. The van der Waals surface area contributed by atoms with E-state index in [4.69, 9.17) is 4.74 Å². The van der Waals surface area contributed by atoms with Crippen molar-refractivity contribution in [3.05, 3.63) is 0 Å². The zero-order valence-corrected chi connectivity index (χ0v) is 10.5. The van der Waals surface area contributed by atoms with E-state index in [2.05, 4.69) is 10.0 Å². The second-order valence-electron chi connectivity index (χ2n) is 4.49. The van der Waals surface area contributed by atoms with Crippen LogP contribution in [0.4, 0.5) is 0 Å². The molecule has 2 saturated heterocycles. The van der Waals surface area contributed by atoms with Gasteiger partial charge in [-0.25, -0.2) is 0 Å². The van der Waals surface area contributed by atoms with Crippen molar-refractivity contribution in [2.45, 2.75) is 12.0 Å². The molecule has 2 rings (SSSR count). The summed E-state index contributed by atoms with van der Waals surface area (Å²) in [6.45, 7) is 2.78. The summed E-state index contributed by atoms with van der Waals surface area (Å²) in [5.74, 6) is 0. The zero-order valence-electron chi connectivity index (χ0n) is 9.68. The number of hydrogen-bond donors (Lipinski definition) is 3. The fourth-order valence-electron chi connectivity index (χ4n) is 1.99. The average molecular weight is 265 g/mol. The van der Waals surface area contributed by atoms with Gasteiger partial charge in [0.1, 0.15) is 0 Å². The van der Waals surface area contributed by atoms with E-state index < -0.39 is 15.8 Å². The molecule has 3 N–H and O–H groups in total. The number of ether oxygens (including phenoxy) is 1. The van der Waals surface area contributed by atoms with Gasteiger partial charge >= 0.3 is 0 Å². The van der Waals surface area contributed by atoms with Crippen LogP contribution >= 0.6 is 0 Å². The van der Waals surface area contributed by atoms with E-state index in [1.807, 2.05) is 0 Å². The smallest absolute Gasteiger partial charge is 0.279 e. The molecular weight excluding hydrogens is 246 g/mol. The van der Waals surface area contributed by atoms with Crippen LogP contribution in [0.1, 0.15) is 6.42 Å². The molecule has 1 atom stereocenters. The van der Waals surface area contributed by atoms with Gasteiger partial charge in [0.05, 0.1) is 18.8 Å². The van der Waals surface area contributed by atoms with Crippen molar-refractivity contribution >= 4 is 10.2 Å². The van der Waals surface area contributed by atoms with E-state index >= 15 is 0 Å². The maximum absolute atomic E-state index is 11.9. The number of rotatable bonds is 4. The third-order valence-corrected chi connectivity index (χ3v) is 4.67. The first kappa shape index (κ1) is 13.2. The van der Waals surface area contributed by atoms with Crippen molar-refractivity contribution in [1.29, 1.82) is 0 Å². The van der Waals surface area contributed by atoms with E-state index in [-0.39, 0.29) is 6.54 Å². The van der Waals surface area contributed by atoms with E-state index in [1.54, 1.807) is 0 Å². The van der Waals surface area contributed by atoms with Gasteiger partial charge in [0.2, 0.25) is 0 Å². The monoisotopic (exact) mass is 265 g/mol. The molecule has 0 aliphatic carbocycles. The molecule has 0 aromatic heterocycles. The van der Waals surface area contributed by atoms with Gasteiger partial charge in [-0.2, -0.15) is 17.4 Å². The highest BCUT2D eigenvalue weighted by atomic mass is 32.2. The minimum atomic E-state index is -3.49. The molecule has 2 aliphatic heterocycles. The molecule has 7 nitrogen and oxygen atoms in total. The molecule has 0 aromatic carbocycles. The Morgan fingerprint density at radius 2 is 2.12 bits per heavy atom. The largest absolute Gasteiger partial charge is 0.387 e. The summed E-state index contributed by atoms with van der Waals surface area (Å²) < 4.78 is 32.7. The summed E-state index contributed by atoms with van der Waals surface area (Å²) in [5.41, 5.74) is -0.959. The molecule has 8 heteroatoms. The Labute approximate surface area is 101 Å². The van der Waals surface area contributed by atoms with Crippen LogP contribution in [0.15, 0.2) is 0 Å². The predicted molar refractivity (Wildman–Crippen MR) is 61.8 cm³/mol. The molecule has 1 unspecified atom stereocenters. The second-order valence-corrected chi connectivity index (χ2v) is 6.24. The van der Waals surface area contributed by atoms with Crippen molar-refractivity contribution in [1.82, 2.24) is 14.3 Å². The normalized spacial score (nSPS) is 31.8. The lowest BCUT2D eigenvalue weighted by atomic mass is 10.1. The molecule has 0 saturated carbocycles. The van der Waals surface area contributed by atoms with Crippen LogP contribution in [-0.4, -0.2) is 69.4 Å². The summed E-state index contributed by atoms with van der Waals surface area (Å²) in [6.07, 6.45) is 0.568. The third kappa shape index (κ3) is 3.36. The molecule has 0 radical (unpaired) electrons. The maximum Gasteiger partial charge on any atom is 0.279 e. The highest BCUT2D eigenvalue weighted by Crippen LogP contribution is 2.13. The summed E-state index contributed by atoms with van der Waals surface area (Å²) >= 11 is 0. The van der Waals surface area contributed by atoms with Crippen LogP contribution in [-0.2, 0) is 14.9 Å². The van der Waals surface area contributed by atoms with Crippen molar-refractivity contribution in [3.63, 3.8) is 0 Å². The quantitative estimate of drug-likeness (QED) is 0.540. The van der Waals surface area contributed by atoms with Gasteiger partial charge in [0.15, 0.2) is 0 Å². The van der Waals surface area contributed by atoms with Gasteiger partial charge in [-0.3, -0.25) is 0 Å². The lowest BCUT2D eigenvalue weighted by molar-refractivity contribution is 0.0621. The van der Waals surface area contributed by atoms with Crippen molar-refractivity contribution in [2.24, 2.45) is 0 Å². The molecule has 0 amide bonds. The van der Waals surface area contributed by atoms with Crippen LogP contribution < -0.4 is 10.0 Å². The SMILES string of the molecule is O=S(=O)(NCC1(O)CCNC1)N1CCOCC1. The topological polar surface area (TPSA) is 90.9 Å². The highest BCUT2D eigenvalue weighted by Gasteiger charge is 2.33. The minimum Gasteiger partial charge on any atom is -0.387 e. The molecule has 2 aliphatic rings. The number of nitrogens with one attached hydrogen (secondary N) is 2. The lowest BCUT2D eigenvalue weighted by Crippen LogP contribution is -2.51. The van der Waals surface area contributed by atoms with Gasteiger partial charge in [-0.1, -0.05) is 0 Å². The summed E-state index contributed by atoms with van der Waals surface area (Å²) in [5, 5.41) is 13.0. The van der Waals surface area contributed by atoms with Gasteiger partial charge in [-0.05, 0) is 13.0 Å². The lowest BCUT2D eigenvalue weighted by Gasteiger charge is -2.28. The highest BCUT2D eigenvalue weighted by molar-refractivity contribution is 7.87. The standard InChI is InChI=1S/C9H19N3O4S/c13-9(1-2-10-7-9)8-11-17(14,15)12-3-5-16-6-4-12/h10-11,13H,1-8H2. The van der Waals surface area contributed by atoms with Crippen LogP contribution in [0, 0.1) is 0 Å². The Hall–Kier alpha value is -0.250. The molecule has 100 valence electrons. The Morgan fingerprint density at radius 3 is 2.71 bits per heavy atom. The van der Waals surface area contributed by atoms with E-state index in [1.165, 1.54) is 4.31 Å². The van der Waals surface area contributed by atoms with Gasteiger partial charge < -0.3 is 15.2 Å². The van der Waals surface area contributed by atoms with Crippen molar-refractivity contribution < 1.29 is 18.3 Å². The zero-order chi connectivity index (χ0) is 12.4. The summed E-state index contributed by atoms with van der Waals surface area (Å²) in [4.78, 5) is 0. The summed E-state index contributed by atoms with van der Waals surface area (Å²) in [6, 6.07) is 0. The van der Waals surface area contributed by atoms with Crippen LogP contribution in [0.2, 0.25) is 0 Å². The molecule has 0 bridgehead atoms. The third-order valence-electron chi connectivity index (χ3n) is 3.11. The first-order valence-electron chi connectivity index (χ1n) is 5.77. The summed E-state index contributed by atoms with van der Waals surface area (Å²) in [7, 11) is -3.49. The molecule has 0 spiro atoms. The van der Waals surface area contributed by atoms with Crippen LogP contribution in [0.3, 0.4) is 0 Å². The predicted octanol–water partition coefficient (Wildman–Crippen LogP) is -2.12. The minimum absolute atomic E-state index is 0.0552. The Balaban J connectivity index is 1.88. The van der Waals surface area contributed by atoms with Crippen molar-refractivity contribution in [3.8, 4) is 0 Å². The second kappa shape index (κ2) is 5.17. The van der Waals surface area contributed by atoms with Crippen molar-refractivity contribution in [2.75, 3.05) is 45.9 Å². The molecule has 2 fully saturated rings. The number of hydrogen-bond acceptors (Lipinski definition) is 5. The average Bonchev–Trinajstić information content (AvgIpc) is 2.76. The number of aliphatic hydroxyl groups is 1. The fourth-order valence-corrected chi connectivity index (χ4v) is 3.25. The number of morpholine rings is 1. The molecule has 0 aromatic rings. The molecule has 17 heavy (non-hydrogen) atoms. The Morgan fingerprint density at radius 1 is 1.41 bits per heavy atom. The first-order chi connectivity index (χ1) is 8.02. The van der Waals surface area contributed by atoms with Crippen LogP contribution in [0.25, 0.3) is 0 Å². The Kier molecular flexibility index (Phi) is 4.01. The molecular formula is C9H19N3O4S. The van der Waals surface area contributed by atoms with Crippen LogP contribution in [0.5, 0.6) is 0 Å². The Bertz CT molecular complexity index is 347. The maximum atomic E-state index is 11.9. The molecule has 2 heterocycles. The van der Waals surface area contributed by atoms with E-state index in [0.29, 0.717) is 39.3 Å². The van der Waals surface area contributed by atoms with Gasteiger partial charge in [-0.15, -0.1) is 0 Å². The number of nitrogens with zero attached hydrogens (tertiary/aromatic N) is 1. The van der Waals surface area contributed by atoms with E-state index in [9.17, 15) is 13.5 Å². The van der Waals surface area contributed by atoms with Gasteiger partial charge in [0, 0.05) is 26.2 Å². The van der Waals surface area contributed by atoms with Gasteiger partial charge in [0.25, 0.3) is 10.2 Å². The fraction of sp³-hybridized carbons (Fsp3) is 1.00. The number of β-amino-alcohol motifs (C(OH)–C–C–N with tert-alkyl or cyclic N) is 1. The van der Waals surface area contributed by atoms with E-state index in [0.717, 1.165) is 6.54 Å².